The van der Waals surface area contributed by atoms with Crippen molar-refractivity contribution in [2.75, 3.05) is 38.0 Å². The van der Waals surface area contributed by atoms with E-state index in [2.05, 4.69) is 12.2 Å². The van der Waals surface area contributed by atoms with Gasteiger partial charge in [0.2, 0.25) is 11.8 Å². The molecular formula is C23H27N3O4. The Labute approximate surface area is 176 Å². The number of nitrogens with one attached hydrogen (secondary N) is 1. The molecule has 7 heteroatoms. The van der Waals surface area contributed by atoms with Gasteiger partial charge < -0.3 is 19.9 Å². The number of amides is 3. The lowest BCUT2D eigenvalue weighted by Gasteiger charge is -2.18. The topological polar surface area (TPSA) is 79.0 Å². The zero-order valence-corrected chi connectivity index (χ0v) is 17.8. The standard InChI is InChI=1S/C23H27N3O4/c1-5-15-6-9-18(10-7-15)26-14-17(13-21(26)27)22(28)24-19-12-16(23(29)25(2)3)8-11-20(19)30-4/h6-12,17H,5,13-14H2,1-4H3,(H,24,28). The van der Waals surface area contributed by atoms with E-state index in [9.17, 15) is 14.4 Å². The van der Waals surface area contributed by atoms with Crippen molar-refractivity contribution in [2.24, 2.45) is 5.92 Å². The van der Waals surface area contributed by atoms with Crippen molar-refractivity contribution in [1.29, 1.82) is 0 Å². The van der Waals surface area contributed by atoms with Crippen molar-refractivity contribution in [3.8, 4) is 5.75 Å². The van der Waals surface area contributed by atoms with E-state index < -0.39 is 5.92 Å². The molecule has 2 aromatic rings. The minimum atomic E-state index is -0.485. The van der Waals surface area contributed by atoms with Gasteiger partial charge in [0.15, 0.2) is 0 Å². The molecule has 2 aromatic carbocycles. The summed E-state index contributed by atoms with van der Waals surface area (Å²) < 4.78 is 5.32. The van der Waals surface area contributed by atoms with Gasteiger partial charge in [-0.05, 0) is 42.3 Å². The first-order valence-electron chi connectivity index (χ1n) is 9.94. The molecule has 1 heterocycles. The molecule has 0 bridgehead atoms. The van der Waals surface area contributed by atoms with Gasteiger partial charge in [-0.1, -0.05) is 19.1 Å². The molecule has 30 heavy (non-hydrogen) atoms. The Kier molecular flexibility index (Phi) is 6.40. The summed E-state index contributed by atoms with van der Waals surface area (Å²) in [5.41, 5.74) is 2.84. The molecule has 0 aromatic heterocycles. The maximum absolute atomic E-state index is 12.9. The SMILES string of the molecule is CCc1ccc(N2CC(C(=O)Nc3cc(C(=O)N(C)C)ccc3OC)CC2=O)cc1. The highest BCUT2D eigenvalue weighted by Gasteiger charge is 2.35. The molecule has 1 saturated heterocycles. The van der Waals surface area contributed by atoms with Crippen molar-refractivity contribution in [3.63, 3.8) is 0 Å². The normalized spacial score (nSPS) is 15.8. The van der Waals surface area contributed by atoms with E-state index in [1.807, 2.05) is 24.3 Å². The summed E-state index contributed by atoms with van der Waals surface area (Å²) in [7, 11) is 4.83. The van der Waals surface area contributed by atoms with E-state index in [0.29, 0.717) is 23.5 Å². The van der Waals surface area contributed by atoms with E-state index in [1.165, 1.54) is 17.6 Å². The van der Waals surface area contributed by atoms with Gasteiger partial charge in [0, 0.05) is 38.3 Å². The molecule has 3 amide bonds. The monoisotopic (exact) mass is 409 g/mol. The summed E-state index contributed by atoms with van der Waals surface area (Å²) in [5.74, 6) is -0.561. The number of carbonyl (C=O) groups excluding carboxylic acids is 3. The van der Waals surface area contributed by atoms with Gasteiger partial charge in [-0.2, -0.15) is 0 Å². The van der Waals surface area contributed by atoms with E-state index in [0.717, 1.165) is 12.1 Å². The fourth-order valence-electron chi connectivity index (χ4n) is 3.48. The number of aryl methyl sites for hydroxylation is 1. The lowest BCUT2D eigenvalue weighted by Crippen LogP contribution is -2.28. The Morgan fingerprint density at radius 2 is 1.87 bits per heavy atom. The van der Waals surface area contributed by atoms with Gasteiger partial charge >= 0.3 is 0 Å². The predicted octanol–water partition coefficient (Wildman–Crippen LogP) is 2.95. The Balaban J connectivity index is 1.75. The Hall–Kier alpha value is -3.35. The second kappa shape index (κ2) is 8.98. The van der Waals surface area contributed by atoms with E-state index in [1.54, 1.807) is 37.2 Å². The minimum absolute atomic E-state index is 0.0806. The van der Waals surface area contributed by atoms with Gasteiger partial charge in [0.05, 0.1) is 18.7 Å². The lowest BCUT2D eigenvalue weighted by atomic mass is 10.1. The number of carbonyl (C=O) groups is 3. The Morgan fingerprint density at radius 3 is 2.47 bits per heavy atom. The van der Waals surface area contributed by atoms with Gasteiger partial charge in [-0.25, -0.2) is 0 Å². The quantitative estimate of drug-likeness (QED) is 0.796. The molecule has 3 rings (SSSR count). The van der Waals surface area contributed by atoms with Crippen molar-refractivity contribution < 1.29 is 19.1 Å². The van der Waals surface area contributed by atoms with Crippen molar-refractivity contribution >= 4 is 29.1 Å². The maximum atomic E-state index is 12.9. The number of methoxy groups -OCH3 is 1. The fourth-order valence-corrected chi connectivity index (χ4v) is 3.48. The number of ether oxygens (including phenoxy) is 1. The second-order valence-electron chi connectivity index (χ2n) is 7.53. The Bertz CT molecular complexity index is 953. The van der Waals surface area contributed by atoms with Crippen LogP contribution in [0.25, 0.3) is 0 Å². The molecule has 1 atom stereocenters. The molecule has 0 saturated carbocycles. The number of nitrogens with zero attached hydrogens (tertiary/aromatic N) is 2. The first kappa shape index (κ1) is 21.4. The summed E-state index contributed by atoms with van der Waals surface area (Å²) in [4.78, 5) is 40.7. The smallest absolute Gasteiger partial charge is 0.253 e. The van der Waals surface area contributed by atoms with Crippen LogP contribution < -0.4 is 15.0 Å². The summed E-state index contributed by atoms with van der Waals surface area (Å²) in [5, 5.41) is 2.83. The number of benzene rings is 2. The number of hydrogen-bond acceptors (Lipinski definition) is 4. The third-order valence-electron chi connectivity index (χ3n) is 5.26. The predicted molar refractivity (Wildman–Crippen MR) is 116 cm³/mol. The van der Waals surface area contributed by atoms with Crippen molar-refractivity contribution in [1.82, 2.24) is 4.90 Å². The summed E-state index contributed by atoms with van der Waals surface area (Å²) in [6.07, 6.45) is 1.07. The van der Waals surface area contributed by atoms with E-state index >= 15 is 0 Å². The number of hydrogen-bond donors (Lipinski definition) is 1. The van der Waals surface area contributed by atoms with Crippen LogP contribution >= 0.6 is 0 Å². The summed E-state index contributed by atoms with van der Waals surface area (Å²) in [6, 6.07) is 12.7. The highest BCUT2D eigenvalue weighted by atomic mass is 16.5. The summed E-state index contributed by atoms with van der Waals surface area (Å²) in [6.45, 7) is 2.39. The molecule has 1 unspecified atom stereocenters. The fraction of sp³-hybridized carbons (Fsp3) is 0.348. The van der Waals surface area contributed by atoms with E-state index in [-0.39, 0.29) is 24.1 Å². The third-order valence-corrected chi connectivity index (χ3v) is 5.26. The highest BCUT2D eigenvalue weighted by molar-refractivity contribution is 6.04. The average Bonchev–Trinajstić information content (AvgIpc) is 3.14. The zero-order chi connectivity index (χ0) is 21.8. The Morgan fingerprint density at radius 1 is 1.17 bits per heavy atom. The molecule has 1 fully saturated rings. The van der Waals surface area contributed by atoms with Crippen molar-refractivity contribution in [3.05, 3.63) is 53.6 Å². The van der Waals surface area contributed by atoms with Gasteiger partial charge in [0.1, 0.15) is 5.75 Å². The van der Waals surface area contributed by atoms with Crippen LogP contribution in [0.2, 0.25) is 0 Å². The van der Waals surface area contributed by atoms with Gasteiger partial charge in [-0.3, -0.25) is 14.4 Å². The maximum Gasteiger partial charge on any atom is 0.253 e. The zero-order valence-electron chi connectivity index (χ0n) is 17.8. The number of anilines is 2. The van der Waals surface area contributed by atoms with Gasteiger partial charge in [-0.15, -0.1) is 0 Å². The molecule has 0 spiro atoms. The second-order valence-corrected chi connectivity index (χ2v) is 7.53. The molecule has 1 aliphatic rings. The van der Waals surface area contributed by atoms with Crippen LogP contribution in [0.3, 0.4) is 0 Å². The molecule has 1 aliphatic heterocycles. The van der Waals surface area contributed by atoms with Crippen LogP contribution in [-0.2, 0) is 16.0 Å². The highest BCUT2D eigenvalue weighted by Crippen LogP contribution is 2.30. The largest absolute Gasteiger partial charge is 0.495 e. The average molecular weight is 409 g/mol. The first-order chi connectivity index (χ1) is 14.3. The van der Waals surface area contributed by atoms with Gasteiger partial charge in [0.25, 0.3) is 5.91 Å². The van der Waals surface area contributed by atoms with Crippen LogP contribution in [-0.4, -0.2) is 50.4 Å². The molecule has 0 radical (unpaired) electrons. The third kappa shape index (κ3) is 4.45. The molecule has 1 N–H and O–H groups in total. The number of rotatable bonds is 6. The van der Waals surface area contributed by atoms with Crippen LogP contribution in [0.15, 0.2) is 42.5 Å². The molecular weight excluding hydrogens is 382 g/mol. The van der Waals surface area contributed by atoms with Crippen molar-refractivity contribution in [2.45, 2.75) is 19.8 Å². The minimum Gasteiger partial charge on any atom is -0.495 e. The first-order valence-corrected chi connectivity index (χ1v) is 9.94. The molecule has 0 aliphatic carbocycles. The molecule has 7 nitrogen and oxygen atoms in total. The summed E-state index contributed by atoms with van der Waals surface area (Å²) >= 11 is 0. The lowest BCUT2D eigenvalue weighted by molar-refractivity contribution is -0.122. The van der Waals surface area contributed by atoms with Crippen LogP contribution in [0.1, 0.15) is 29.3 Å². The van der Waals surface area contributed by atoms with Crippen LogP contribution in [0, 0.1) is 5.92 Å². The van der Waals surface area contributed by atoms with Crippen LogP contribution in [0.4, 0.5) is 11.4 Å². The molecule has 158 valence electrons. The van der Waals surface area contributed by atoms with E-state index in [4.69, 9.17) is 4.74 Å². The van der Waals surface area contributed by atoms with Crippen LogP contribution in [0.5, 0.6) is 5.75 Å².